The molecule has 0 bridgehead atoms. The van der Waals surface area contributed by atoms with Gasteiger partial charge in [-0.15, -0.1) is 0 Å². The zero-order valence-corrected chi connectivity index (χ0v) is 10.5. The summed E-state index contributed by atoms with van der Waals surface area (Å²) in [5.41, 5.74) is 0.928. The second-order valence-electron chi connectivity index (χ2n) is 4.81. The van der Waals surface area contributed by atoms with Crippen molar-refractivity contribution in [1.82, 2.24) is 4.98 Å². The molecule has 0 amide bonds. The summed E-state index contributed by atoms with van der Waals surface area (Å²) in [5.74, 6) is 0.629. The number of rotatable bonds is 4. The molecule has 102 valence electrons. The van der Waals surface area contributed by atoms with Gasteiger partial charge in [0.2, 0.25) is 0 Å². The van der Waals surface area contributed by atoms with Gasteiger partial charge in [0.1, 0.15) is 17.8 Å². The number of halogens is 1. The number of nitro groups is 1. The van der Waals surface area contributed by atoms with E-state index in [4.69, 9.17) is 0 Å². The molecule has 5 nitrogen and oxygen atoms in total. The lowest BCUT2D eigenvalue weighted by Crippen LogP contribution is -2.05. The molecular formula is C14H12FN3O2. The summed E-state index contributed by atoms with van der Waals surface area (Å²) in [4.78, 5) is 14.0. The molecule has 3 rings (SSSR count). The van der Waals surface area contributed by atoms with E-state index in [1.807, 2.05) is 6.07 Å². The van der Waals surface area contributed by atoms with E-state index in [1.165, 1.54) is 24.4 Å². The maximum Gasteiger partial charge on any atom is 0.287 e. The fourth-order valence-electron chi connectivity index (χ4n) is 2.23. The van der Waals surface area contributed by atoms with Crippen LogP contribution in [-0.4, -0.2) is 15.9 Å². The number of pyridine rings is 1. The highest BCUT2D eigenvalue weighted by Crippen LogP contribution is 2.42. The minimum Gasteiger partial charge on any atom is -0.367 e. The van der Waals surface area contributed by atoms with Crippen molar-refractivity contribution in [2.45, 2.75) is 18.4 Å². The van der Waals surface area contributed by atoms with Crippen LogP contribution in [0, 0.1) is 15.9 Å². The normalized spacial score (nSPS) is 20.4. The van der Waals surface area contributed by atoms with Gasteiger partial charge >= 0.3 is 0 Å². The maximum atomic E-state index is 13.1. The van der Waals surface area contributed by atoms with Gasteiger partial charge in [0.15, 0.2) is 0 Å². The molecule has 1 fully saturated rings. The third kappa shape index (κ3) is 2.59. The van der Waals surface area contributed by atoms with Crippen molar-refractivity contribution >= 4 is 11.5 Å². The van der Waals surface area contributed by atoms with Crippen LogP contribution in [0.3, 0.4) is 0 Å². The summed E-state index contributed by atoms with van der Waals surface area (Å²) >= 11 is 0. The predicted molar refractivity (Wildman–Crippen MR) is 72.1 cm³/mol. The van der Waals surface area contributed by atoms with Gasteiger partial charge in [-0.25, -0.2) is 9.37 Å². The molecule has 1 heterocycles. The summed E-state index contributed by atoms with van der Waals surface area (Å²) in [7, 11) is 0. The Hall–Kier alpha value is -2.50. The third-order valence-corrected chi connectivity index (χ3v) is 3.36. The molecule has 0 spiro atoms. The van der Waals surface area contributed by atoms with Crippen molar-refractivity contribution < 1.29 is 9.31 Å². The summed E-state index contributed by atoms with van der Waals surface area (Å²) < 4.78 is 13.1. The Balaban J connectivity index is 1.64. The smallest absolute Gasteiger partial charge is 0.287 e. The van der Waals surface area contributed by atoms with E-state index < -0.39 is 4.92 Å². The van der Waals surface area contributed by atoms with E-state index in [9.17, 15) is 14.5 Å². The molecule has 1 aromatic carbocycles. The van der Waals surface area contributed by atoms with Gasteiger partial charge in [-0.3, -0.25) is 10.1 Å². The monoisotopic (exact) mass is 273 g/mol. The molecule has 1 saturated carbocycles. The number of nitrogens with one attached hydrogen (secondary N) is 1. The van der Waals surface area contributed by atoms with Crippen LogP contribution in [0.25, 0.3) is 0 Å². The Kier molecular flexibility index (Phi) is 3.06. The number of anilines is 1. The molecule has 1 N–H and O–H groups in total. The van der Waals surface area contributed by atoms with E-state index in [0.29, 0.717) is 5.82 Å². The van der Waals surface area contributed by atoms with Gasteiger partial charge in [-0.1, -0.05) is 12.1 Å². The molecule has 2 aromatic rings. The third-order valence-electron chi connectivity index (χ3n) is 3.36. The lowest BCUT2D eigenvalue weighted by Gasteiger charge is -2.05. The van der Waals surface area contributed by atoms with Crippen LogP contribution in [0.15, 0.2) is 42.6 Å². The van der Waals surface area contributed by atoms with Crippen LogP contribution < -0.4 is 5.32 Å². The van der Waals surface area contributed by atoms with E-state index in [2.05, 4.69) is 10.3 Å². The molecule has 1 aliphatic carbocycles. The second-order valence-corrected chi connectivity index (χ2v) is 4.81. The lowest BCUT2D eigenvalue weighted by atomic mass is 10.1. The summed E-state index contributed by atoms with van der Waals surface area (Å²) in [6, 6.07) is 9.75. The molecule has 6 heteroatoms. The highest BCUT2D eigenvalue weighted by molar-refractivity contribution is 5.44. The first-order valence-electron chi connectivity index (χ1n) is 6.26. The van der Waals surface area contributed by atoms with Crippen LogP contribution >= 0.6 is 0 Å². The molecule has 0 unspecified atom stereocenters. The number of hydrogen-bond acceptors (Lipinski definition) is 4. The standard InChI is InChI=1S/C14H12FN3O2/c15-10-3-1-2-9(6-10)12-7-13(12)17-14-5-4-11(8-16-14)18(19)20/h1-6,8,12-13H,7H2,(H,16,17)/t12-,13+/m0/s1. The molecule has 0 saturated heterocycles. The molecule has 20 heavy (non-hydrogen) atoms. The van der Waals surface area contributed by atoms with E-state index in [-0.39, 0.29) is 23.5 Å². The quantitative estimate of drug-likeness (QED) is 0.686. The van der Waals surface area contributed by atoms with Crippen LogP contribution in [0.2, 0.25) is 0 Å². The molecule has 0 aliphatic heterocycles. The average molecular weight is 273 g/mol. The first kappa shape index (κ1) is 12.5. The van der Waals surface area contributed by atoms with Crippen molar-refractivity contribution in [3.05, 3.63) is 64.1 Å². The van der Waals surface area contributed by atoms with Crippen LogP contribution in [0.4, 0.5) is 15.9 Å². The molecule has 0 radical (unpaired) electrons. The Bertz CT molecular complexity index is 645. The zero-order chi connectivity index (χ0) is 14.1. The second kappa shape index (κ2) is 4.88. The SMILES string of the molecule is O=[N+]([O-])c1ccc(N[C@@H]2C[C@H]2c2cccc(F)c2)nc1. The average Bonchev–Trinajstić information content (AvgIpc) is 3.18. The maximum absolute atomic E-state index is 13.1. The molecule has 1 aromatic heterocycles. The van der Waals surface area contributed by atoms with E-state index in [1.54, 1.807) is 12.1 Å². The number of nitrogens with zero attached hydrogens (tertiary/aromatic N) is 2. The van der Waals surface area contributed by atoms with Gasteiger partial charge in [0.05, 0.1) is 4.92 Å². The highest BCUT2D eigenvalue weighted by Gasteiger charge is 2.38. The van der Waals surface area contributed by atoms with E-state index in [0.717, 1.165) is 12.0 Å². The fourth-order valence-corrected chi connectivity index (χ4v) is 2.23. The van der Waals surface area contributed by atoms with Gasteiger partial charge in [-0.05, 0) is 30.2 Å². The number of hydrogen-bond donors (Lipinski definition) is 1. The highest BCUT2D eigenvalue weighted by atomic mass is 19.1. The van der Waals surface area contributed by atoms with E-state index >= 15 is 0 Å². The fraction of sp³-hybridized carbons (Fsp3) is 0.214. The summed E-state index contributed by atoms with van der Waals surface area (Å²) in [6.45, 7) is 0. The predicted octanol–water partition coefficient (Wildman–Crippen LogP) is 3.10. The minimum atomic E-state index is -0.483. The van der Waals surface area contributed by atoms with Crippen molar-refractivity contribution in [3.63, 3.8) is 0 Å². The Labute approximate surface area is 114 Å². The lowest BCUT2D eigenvalue weighted by molar-refractivity contribution is -0.385. The Morgan fingerprint density at radius 1 is 1.35 bits per heavy atom. The van der Waals surface area contributed by atoms with Gasteiger partial charge in [0.25, 0.3) is 5.69 Å². The van der Waals surface area contributed by atoms with Gasteiger partial charge in [-0.2, -0.15) is 0 Å². The minimum absolute atomic E-state index is 0.0342. The van der Waals surface area contributed by atoms with Crippen LogP contribution in [0.5, 0.6) is 0 Å². The zero-order valence-electron chi connectivity index (χ0n) is 10.5. The summed E-state index contributed by atoms with van der Waals surface area (Å²) in [5, 5.41) is 13.7. The Morgan fingerprint density at radius 2 is 2.20 bits per heavy atom. The van der Waals surface area contributed by atoms with Crippen LogP contribution in [-0.2, 0) is 0 Å². The van der Waals surface area contributed by atoms with Crippen molar-refractivity contribution in [1.29, 1.82) is 0 Å². The topological polar surface area (TPSA) is 68.1 Å². The van der Waals surface area contributed by atoms with Crippen molar-refractivity contribution in [3.8, 4) is 0 Å². The first-order valence-corrected chi connectivity index (χ1v) is 6.26. The number of aromatic nitrogens is 1. The van der Waals surface area contributed by atoms with Crippen LogP contribution in [0.1, 0.15) is 17.9 Å². The Morgan fingerprint density at radius 3 is 2.85 bits per heavy atom. The number of benzene rings is 1. The molecule has 1 aliphatic rings. The molecule has 2 atom stereocenters. The van der Waals surface area contributed by atoms with Crippen molar-refractivity contribution in [2.24, 2.45) is 0 Å². The van der Waals surface area contributed by atoms with Gasteiger partial charge in [0, 0.05) is 18.0 Å². The van der Waals surface area contributed by atoms with Crippen molar-refractivity contribution in [2.75, 3.05) is 5.32 Å². The molecular weight excluding hydrogens is 261 g/mol. The first-order chi connectivity index (χ1) is 9.63. The van der Waals surface area contributed by atoms with Gasteiger partial charge < -0.3 is 5.32 Å². The summed E-state index contributed by atoms with van der Waals surface area (Å²) in [6.07, 6.45) is 2.13. The largest absolute Gasteiger partial charge is 0.367 e.